The number of methoxy groups -OCH3 is 1. The standard InChI is InChI=1S/C19H16ClNO4S/c1-11-17(19(22)23)26-18(21-11)13-5-8-15(24-2)16(9-13)25-10-12-3-6-14(20)7-4-12/h3-9H,10H2,1-2H3,(H,22,23). The lowest BCUT2D eigenvalue weighted by molar-refractivity contribution is 0.0701. The Morgan fingerprint density at radius 3 is 2.54 bits per heavy atom. The maximum absolute atomic E-state index is 11.2. The van der Waals surface area contributed by atoms with Crippen molar-refractivity contribution in [2.45, 2.75) is 13.5 Å². The summed E-state index contributed by atoms with van der Waals surface area (Å²) in [6, 6.07) is 12.8. The first kappa shape index (κ1) is 18.2. The fraction of sp³-hybridized carbons (Fsp3) is 0.158. The van der Waals surface area contributed by atoms with Crippen molar-refractivity contribution in [3.05, 3.63) is 63.6 Å². The van der Waals surface area contributed by atoms with Gasteiger partial charge in [0.15, 0.2) is 11.5 Å². The molecular weight excluding hydrogens is 374 g/mol. The van der Waals surface area contributed by atoms with Gasteiger partial charge in [-0.25, -0.2) is 9.78 Å². The monoisotopic (exact) mass is 389 g/mol. The van der Waals surface area contributed by atoms with Gasteiger partial charge in [-0.15, -0.1) is 11.3 Å². The summed E-state index contributed by atoms with van der Waals surface area (Å²) in [6.07, 6.45) is 0. The van der Waals surface area contributed by atoms with Crippen molar-refractivity contribution in [3.63, 3.8) is 0 Å². The summed E-state index contributed by atoms with van der Waals surface area (Å²) >= 11 is 7.03. The fourth-order valence-electron chi connectivity index (χ4n) is 2.38. The topological polar surface area (TPSA) is 68.7 Å². The summed E-state index contributed by atoms with van der Waals surface area (Å²) in [5.74, 6) is 0.179. The summed E-state index contributed by atoms with van der Waals surface area (Å²) in [6.45, 7) is 2.04. The predicted molar refractivity (Wildman–Crippen MR) is 102 cm³/mol. The van der Waals surface area contributed by atoms with Crippen LogP contribution in [-0.2, 0) is 6.61 Å². The van der Waals surface area contributed by atoms with E-state index in [-0.39, 0.29) is 4.88 Å². The fourth-order valence-corrected chi connectivity index (χ4v) is 3.41. The molecule has 0 bridgehead atoms. The highest BCUT2D eigenvalue weighted by Gasteiger charge is 2.16. The van der Waals surface area contributed by atoms with Crippen LogP contribution in [0.4, 0.5) is 0 Å². The number of halogens is 1. The Balaban J connectivity index is 1.87. The maximum atomic E-state index is 11.2. The molecule has 0 unspecified atom stereocenters. The van der Waals surface area contributed by atoms with Crippen LogP contribution >= 0.6 is 22.9 Å². The summed E-state index contributed by atoms with van der Waals surface area (Å²) in [7, 11) is 1.57. The number of ether oxygens (including phenoxy) is 2. The molecule has 1 heterocycles. The van der Waals surface area contributed by atoms with Crippen molar-refractivity contribution >= 4 is 28.9 Å². The molecule has 0 aliphatic rings. The van der Waals surface area contributed by atoms with Crippen molar-refractivity contribution in [1.82, 2.24) is 4.98 Å². The summed E-state index contributed by atoms with van der Waals surface area (Å²) in [5, 5.41) is 10.5. The Morgan fingerprint density at radius 1 is 1.19 bits per heavy atom. The molecule has 0 saturated heterocycles. The molecule has 3 aromatic rings. The van der Waals surface area contributed by atoms with Gasteiger partial charge in [-0.3, -0.25) is 0 Å². The number of carboxylic acids is 1. The van der Waals surface area contributed by atoms with E-state index < -0.39 is 5.97 Å². The van der Waals surface area contributed by atoms with Gasteiger partial charge in [-0.2, -0.15) is 0 Å². The molecule has 1 N–H and O–H groups in total. The molecule has 1 aromatic heterocycles. The number of nitrogens with zero attached hydrogens (tertiary/aromatic N) is 1. The molecule has 134 valence electrons. The highest BCUT2D eigenvalue weighted by atomic mass is 35.5. The summed E-state index contributed by atoms with van der Waals surface area (Å²) < 4.78 is 11.2. The molecule has 0 saturated carbocycles. The Hall–Kier alpha value is -2.57. The quantitative estimate of drug-likeness (QED) is 0.638. The van der Waals surface area contributed by atoms with Gasteiger partial charge in [0.05, 0.1) is 12.8 Å². The molecule has 7 heteroatoms. The van der Waals surface area contributed by atoms with Crippen LogP contribution in [0.1, 0.15) is 20.9 Å². The number of aryl methyl sites for hydroxylation is 1. The van der Waals surface area contributed by atoms with Gasteiger partial charge in [-0.05, 0) is 42.8 Å². The Kier molecular flexibility index (Phi) is 5.44. The van der Waals surface area contributed by atoms with Crippen LogP contribution in [0, 0.1) is 6.92 Å². The number of hydrogen-bond donors (Lipinski definition) is 1. The number of hydrogen-bond acceptors (Lipinski definition) is 5. The lowest BCUT2D eigenvalue weighted by Crippen LogP contribution is -1.98. The van der Waals surface area contributed by atoms with Crippen LogP contribution in [0.5, 0.6) is 11.5 Å². The van der Waals surface area contributed by atoms with Gasteiger partial charge in [-0.1, -0.05) is 23.7 Å². The van der Waals surface area contributed by atoms with Crippen molar-refractivity contribution in [2.75, 3.05) is 7.11 Å². The van der Waals surface area contributed by atoms with Gasteiger partial charge in [0.2, 0.25) is 0 Å². The Bertz CT molecular complexity index is 937. The predicted octanol–water partition coefficient (Wildman–Crippen LogP) is 5.06. The number of benzene rings is 2. The minimum Gasteiger partial charge on any atom is -0.493 e. The van der Waals surface area contributed by atoms with E-state index in [1.54, 1.807) is 38.3 Å². The van der Waals surface area contributed by atoms with E-state index in [9.17, 15) is 9.90 Å². The van der Waals surface area contributed by atoms with Gasteiger partial charge < -0.3 is 14.6 Å². The number of carboxylic acid groups (broad SMARTS) is 1. The molecule has 26 heavy (non-hydrogen) atoms. The zero-order valence-electron chi connectivity index (χ0n) is 14.2. The summed E-state index contributed by atoms with van der Waals surface area (Å²) in [4.78, 5) is 15.8. The average molecular weight is 390 g/mol. The van der Waals surface area contributed by atoms with Crippen LogP contribution in [0.15, 0.2) is 42.5 Å². The SMILES string of the molecule is COc1ccc(-c2nc(C)c(C(=O)O)s2)cc1OCc1ccc(Cl)cc1. The maximum Gasteiger partial charge on any atom is 0.347 e. The smallest absolute Gasteiger partial charge is 0.347 e. The third-order valence-electron chi connectivity index (χ3n) is 3.71. The van der Waals surface area contributed by atoms with Crippen LogP contribution in [0.25, 0.3) is 10.6 Å². The zero-order valence-corrected chi connectivity index (χ0v) is 15.7. The molecule has 2 aromatic carbocycles. The van der Waals surface area contributed by atoms with E-state index in [0.717, 1.165) is 22.5 Å². The third kappa shape index (κ3) is 3.98. The molecule has 0 amide bonds. The molecule has 0 fully saturated rings. The van der Waals surface area contributed by atoms with Crippen LogP contribution in [0.2, 0.25) is 5.02 Å². The number of thiazole rings is 1. The van der Waals surface area contributed by atoms with Crippen molar-refractivity contribution in [1.29, 1.82) is 0 Å². The van der Waals surface area contributed by atoms with Crippen molar-refractivity contribution < 1.29 is 19.4 Å². The lowest BCUT2D eigenvalue weighted by atomic mass is 10.2. The molecule has 3 rings (SSSR count). The third-order valence-corrected chi connectivity index (χ3v) is 5.16. The van der Waals surface area contributed by atoms with E-state index in [1.807, 2.05) is 18.2 Å². The van der Waals surface area contributed by atoms with Gasteiger partial charge in [0, 0.05) is 10.6 Å². The van der Waals surface area contributed by atoms with Crippen LogP contribution in [0.3, 0.4) is 0 Å². The lowest BCUT2D eigenvalue weighted by Gasteiger charge is -2.12. The average Bonchev–Trinajstić information content (AvgIpc) is 3.03. The highest BCUT2D eigenvalue weighted by molar-refractivity contribution is 7.17. The van der Waals surface area contributed by atoms with Crippen molar-refractivity contribution in [3.8, 4) is 22.1 Å². The Labute approximate surface area is 159 Å². The molecule has 0 aliphatic carbocycles. The molecule has 0 spiro atoms. The van der Waals surface area contributed by atoms with Gasteiger partial charge in [0.25, 0.3) is 0 Å². The number of carbonyl (C=O) groups is 1. The molecule has 5 nitrogen and oxygen atoms in total. The van der Waals surface area contributed by atoms with Gasteiger partial charge in [0.1, 0.15) is 16.5 Å². The van der Waals surface area contributed by atoms with E-state index in [4.69, 9.17) is 21.1 Å². The number of aromatic carboxylic acids is 1. The van der Waals surface area contributed by atoms with E-state index >= 15 is 0 Å². The normalized spacial score (nSPS) is 10.6. The Morgan fingerprint density at radius 2 is 1.92 bits per heavy atom. The van der Waals surface area contributed by atoms with E-state index in [0.29, 0.717) is 33.8 Å². The largest absolute Gasteiger partial charge is 0.493 e. The second-order valence-corrected chi connectivity index (χ2v) is 6.95. The van der Waals surface area contributed by atoms with E-state index in [2.05, 4.69) is 4.98 Å². The first-order chi connectivity index (χ1) is 12.5. The first-order valence-electron chi connectivity index (χ1n) is 7.74. The molecular formula is C19H16ClNO4S. The molecule has 0 atom stereocenters. The molecule has 0 radical (unpaired) electrons. The number of aromatic nitrogens is 1. The van der Waals surface area contributed by atoms with Crippen LogP contribution < -0.4 is 9.47 Å². The summed E-state index contributed by atoms with van der Waals surface area (Å²) in [5.41, 5.74) is 2.24. The van der Waals surface area contributed by atoms with Gasteiger partial charge >= 0.3 is 5.97 Å². The van der Waals surface area contributed by atoms with Crippen LogP contribution in [-0.4, -0.2) is 23.2 Å². The van der Waals surface area contributed by atoms with E-state index in [1.165, 1.54) is 0 Å². The second kappa shape index (κ2) is 7.76. The minimum absolute atomic E-state index is 0.236. The zero-order chi connectivity index (χ0) is 18.7. The molecule has 0 aliphatic heterocycles. The van der Waals surface area contributed by atoms with Crippen molar-refractivity contribution in [2.24, 2.45) is 0 Å². The minimum atomic E-state index is -0.973. The number of rotatable bonds is 6. The first-order valence-corrected chi connectivity index (χ1v) is 8.93. The second-order valence-electron chi connectivity index (χ2n) is 5.52. The highest BCUT2D eigenvalue weighted by Crippen LogP contribution is 2.35.